The Hall–Kier alpha value is -0.250. The molecule has 1 aromatic rings. The summed E-state index contributed by atoms with van der Waals surface area (Å²) in [5, 5.41) is 0.973. The highest BCUT2D eigenvalue weighted by Crippen LogP contribution is 2.27. The zero-order chi connectivity index (χ0) is 12.1. The SMILES string of the molecule is CCOC(=O)[C@@H](Br)Cc1cccc(Cl)c1Cl. The smallest absolute Gasteiger partial charge is 0.320 e. The lowest BCUT2D eigenvalue weighted by Gasteiger charge is -2.10. The summed E-state index contributed by atoms with van der Waals surface area (Å²) >= 11 is 15.2. The average Bonchev–Trinajstić information content (AvgIpc) is 2.25. The molecule has 0 fully saturated rings. The highest BCUT2D eigenvalue weighted by Gasteiger charge is 2.18. The zero-order valence-corrected chi connectivity index (χ0v) is 11.8. The van der Waals surface area contributed by atoms with Crippen molar-refractivity contribution in [1.82, 2.24) is 0 Å². The van der Waals surface area contributed by atoms with Gasteiger partial charge in [0.15, 0.2) is 0 Å². The van der Waals surface area contributed by atoms with Crippen molar-refractivity contribution in [1.29, 1.82) is 0 Å². The third-order valence-corrected chi connectivity index (χ3v) is 3.53. The van der Waals surface area contributed by atoms with Gasteiger partial charge >= 0.3 is 5.97 Å². The van der Waals surface area contributed by atoms with E-state index in [1.165, 1.54) is 0 Å². The van der Waals surface area contributed by atoms with Crippen LogP contribution >= 0.6 is 39.1 Å². The van der Waals surface area contributed by atoms with Crippen molar-refractivity contribution in [3.8, 4) is 0 Å². The Morgan fingerprint density at radius 1 is 1.50 bits per heavy atom. The van der Waals surface area contributed by atoms with E-state index < -0.39 is 4.83 Å². The molecule has 0 amide bonds. The van der Waals surface area contributed by atoms with Crippen LogP contribution in [0.25, 0.3) is 0 Å². The molecule has 1 atom stereocenters. The molecule has 16 heavy (non-hydrogen) atoms. The topological polar surface area (TPSA) is 26.3 Å². The van der Waals surface area contributed by atoms with Gasteiger partial charge in [0.05, 0.1) is 16.7 Å². The first kappa shape index (κ1) is 13.8. The lowest BCUT2D eigenvalue weighted by Crippen LogP contribution is -2.19. The van der Waals surface area contributed by atoms with Crippen LogP contribution in [0.1, 0.15) is 12.5 Å². The first-order valence-corrected chi connectivity index (χ1v) is 6.47. The highest BCUT2D eigenvalue weighted by atomic mass is 79.9. The second kappa shape index (κ2) is 6.48. The van der Waals surface area contributed by atoms with E-state index in [2.05, 4.69) is 15.9 Å². The van der Waals surface area contributed by atoms with Crippen molar-refractivity contribution in [2.45, 2.75) is 18.2 Å². The predicted molar refractivity (Wildman–Crippen MR) is 69.5 cm³/mol. The Balaban J connectivity index is 2.73. The monoisotopic (exact) mass is 324 g/mol. The van der Waals surface area contributed by atoms with E-state index in [1.54, 1.807) is 19.1 Å². The van der Waals surface area contributed by atoms with E-state index >= 15 is 0 Å². The molecule has 0 aliphatic heterocycles. The number of benzene rings is 1. The van der Waals surface area contributed by atoms with Crippen LogP contribution in [-0.4, -0.2) is 17.4 Å². The number of carbonyl (C=O) groups excluding carboxylic acids is 1. The Kier molecular flexibility index (Phi) is 5.59. The number of hydrogen-bond acceptors (Lipinski definition) is 2. The van der Waals surface area contributed by atoms with E-state index in [0.717, 1.165) is 5.56 Å². The quantitative estimate of drug-likeness (QED) is 0.620. The molecule has 0 spiro atoms. The molecule has 0 N–H and O–H groups in total. The number of ether oxygens (including phenoxy) is 1. The summed E-state index contributed by atoms with van der Waals surface area (Å²) in [6, 6.07) is 5.34. The normalized spacial score (nSPS) is 12.2. The van der Waals surface area contributed by atoms with Gasteiger partial charge in [0, 0.05) is 0 Å². The fourth-order valence-electron chi connectivity index (χ4n) is 1.22. The third-order valence-electron chi connectivity index (χ3n) is 1.97. The lowest BCUT2D eigenvalue weighted by atomic mass is 10.1. The summed E-state index contributed by atoms with van der Waals surface area (Å²) in [6.07, 6.45) is 0.457. The average molecular weight is 326 g/mol. The first-order chi connectivity index (χ1) is 7.56. The molecule has 0 unspecified atom stereocenters. The summed E-state index contributed by atoms with van der Waals surface area (Å²) in [5.74, 6) is -0.293. The van der Waals surface area contributed by atoms with Crippen LogP contribution in [-0.2, 0) is 16.0 Å². The maximum absolute atomic E-state index is 11.4. The Labute approximate surface area is 113 Å². The number of halogens is 3. The van der Waals surface area contributed by atoms with Gasteiger partial charge in [-0.2, -0.15) is 0 Å². The number of rotatable bonds is 4. The second-order valence-corrected chi connectivity index (χ2v) is 5.03. The maximum Gasteiger partial charge on any atom is 0.320 e. The van der Waals surface area contributed by atoms with Crippen molar-refractivity contribution in [2.24, 2.45) is 0 Å². The van der Waals surface area contributed by atoms with Crippen LogP contribution in [0, 0.1) is 0 Å². The minimum Gasteiger partial charge on any atom is -0.465 e. The molecular formula is C11H11BrCl2O2. The van der Waals surface area contributed by atoms with E-state index in [-0.39, 0.29) is 5.97 Å². The molecule has 0 aliphatic carbocycles. The zero-order valence-electron chi connectivity index (χ0n) is 8.67. The molecule has 0 saturated carbocycles. The number of carbonyl (C=O) groups is 1. The molecule has 1 aromatic carbocycles. The summed E-state index contributed by atoms with van der Waals surface area (Å²) in [5.41, 5.74) is 0.823. The summed E-state index contributed by atoms with van der Waals surface area (Å²) in [6.45, 7) is 2.13. The number of alkyl halides is 1. The summed E-state index contributed by atoms with van der Waals surface area (Å²) in [7, 11) is 0. The van der Waals surface area contributed by atoms with Gasteiger partial charge in [-0.25, -0.2) is 0 Å². The van der Waals surface area contributed by atoms with Gasteiger partial charge in [-0.05, 0) is 25.0 Å². The van der Waals surface area contributed by atoms with Gasteiger partial charge in [-0.1, -0.05) is 51.3 Å². The van der Waals surface area contributed by atoms with Crippen molar-refractivity contribution in [2.75, 3.05) is 6.61 Å². The minimum atomic E-state index is -0.400. The molecule has 0 saturated heterocycles. The number of esters is 1. The molecule has 0 aliphatic rings. The van der Waals surface area contributed by atoms with Crippen molar-refractivity contribution < 1.29 is 9.53 Å². The van der Waals surface area contributed by atoms with Crippen molar-refractivity contribution in [3.05, 3.63) is 33.8 Å². The number of hydrogen-bond donors (Lipinski definition) is 0. The van der Waals surface area contributed by atoms with E-state index in [0.29, 0.717) is 23.1 Å². The van der Waals surface area contributed by atoms with Crippen molar-refractivity contribution in [3.63, 3.8) is 0 Å². The lowest BCUT2D eigenvalue weighted by molar-refractivity contribution is -0.142. The molecule has 0 heterocycles. The third kappa shape index (κ3) is 3.65. The van der Waals surface area contributed by atoms with Gasteiger partial charge < -0.3 is 4.74 Å². The van der Waals surface area contributed by atoms with Crippen LogP contribution < -0.4 is 0 Å². The van der Waals surface area contributed by atoms with Crippen LogP contribution in [0.3, 0.4) is 0 Å². The molecule has 0 radical (unpaired) electrons. The summed E-state index contributed by atoms with van der Waals surface area (Å²) in [4.78, 5) is 11.0. The Bertz CT molecular complexity index is 382. The Morgan fingerprint density at radius 2 is 2.19 bits per heavy atom. The molecular weight excluding hydrogens is 315 g/mol. The van der Waals surface area contributed by atoms with Crippen LogP contribution in [0.4, 0.5) is 0 Å². The maximum atomic E-state index is 11.4. The van der Waals surface area contributed by atoms with E-state index in [1.807, 2.05) is 6.07 Å². The first-order valence-electron chi connectivity index (χ1n) is 4.79. The van der Waals surface area contributed by atoms with Gasteiger partial charge in [0.2, 0.25) is 0 Å². The fraction of sp³-hybridized carbons (Fsp3) is 0.364. The van der Waals surface area contributed by atoms with Crippen LogP contribution in [0.2, 0.25) is 10.0 Å². The second-order valence-electron chi connectivity index (χ2n) is 3.14. The molecule has 1 rings (SSSR count). The molecule has 88 valence electrons. The van der Waals surface area contributed by atoms with Crippen LogP contribution in [0.5, 0.6) is 0 Å². The van der Waals surface area contributed by atoms with E-state index in [9.17, 15) is 4.79 Å². The fourth-order valence-corrected chi connectivity index (χ4v) is 2.09. The van der Waals surface area contributed by atoms with E-state index in [4.69, 9.17) is 27.9 Å². The minimum absolute atomic E-state index is 0.293. The van der Waals surface area contributed by atoms with Gasteiger partial charge in [-0.3, -0.25) is 4.79 Å². The molecule has 0 bridgehead atoms. The van der Waals surface area contributed by atoms with Gasteiger partial charge in [0.1, 0.15) is 4.83 Å². The Morgan fingerprint density at radius 3 is 2.81 bits per heavy atom. The van der Waals surface area contributed by atoms with Crippen molar-refractivity contribution >= 4 is 45.1 Å². The van der Waals surface area contributed by atoms with Gasteiger partial charge in [-0.15, -0.1) is 0 Å². The highest BCUT2D eigenvalue weighted by molar-refractivity contribution is 9.10. The molecule has 0 aromatic heterocycles. The predicted octanol–water partition coefficient (Wildman–Crippen LogP) is 3.86. The molecule has 5 heteroatoms. The summed E-state index contributed by atoms with van der Waals surface area (Å²) < 4.78 is 4.88. The van der Waals surface area contributed by atoms with Crippen LogP contribution in [0.15, 0.2) is 18.2 Å². The largest absolute Gasteiger partial charge is 0.465 e. The van der Waals surface area contributed by atoms with Gasteiger partial charge in [0.25, 0.3) is 0 Å². The standard InChI is InChI=1S/C11H11BrCl2O2/c1-2-16-11(15)8(12)6-7-4-3-5-9(13)10(7)14/h3-5,8H,2,6H2,1H3/t8-/m0/s1. The molecule has 2 nitrogen and oxygen atoms in total.